The number of hydrogen-bond acceptors (Lipinski definition) is 2. The van der Waals surface area contributed by atoms with Crippen LogP contribution >= 0.6 is 0 Å². The summed E-state index contributed by atoms with van der Waals surface area (Å²) in [7, 11) is -1.87. The van der Waals surface area contributed by atoms with Gasteiger partial charge in [0.2, 0.25) is 9.04 Å². The van der Waals surface area contributed by atoms with Gasteiger partial charge in [-0.25, -0.2) is 0 Å². The minimum Gasteiger partial charge on any atom is -0.403 e. The average Bonchev–Trinajstić information content (AvgIpc) is 2.69. The van der Waals surface area contributed by atoms with E-state index in [0.29, 0.717) is 0 Å². The molecule has 0 aliphatic rings. The zero-order chi connectivity index (χ0) is 20.1. The van der Waals surface area contributed by atoms with Crippen molar-refractivity contribution in [2.75, 3.05) is 0 Å². The fraction of sp³-hybridized carbons (Fsp3) is 0.280. The van der Waals surface area contributed by atoms with Crippen molar-refractivity contribution in [3.8, 4) is 0 Å². The molecule has 28 heavy (non-hydrogen) atoms. The third kappa shape index (κ3) is 4.79. The maximum absolute atomic E-state index is 9.47. The molecule has 0 amide bonds. The first kappa shape index (κ1) is 20.5. The van der Waals surface area contributed by atoms with Gasteiger partial charge in [0, 0.05) is 0 Å². The molecule has 0 fully saturated rings. The molecule has 3 rings (SSSR count). The Morgan fingerprint density at radius 1 is 0.857 bits per heavy atom. The number of aryl methyl sites for hydroxylation is 1. The van der Waals surface area contributed by atoms with E-state index in [-0.39, 0.29) is 18.1 Å². The van der Waals surface area contributed by atoms with Gasteiger partial charge in [0.05, 0.1) is 12.7 Å². The maximum atomic E-state index is 9.47. The predicted molar refractivity (Wildman–Crippen MR) is 120 cm³/mol. The molecule has 0 aliphatic carbocycles. The third-order valence-electron chi connectivity index (χ3n) is 5.06. The van der Waals surface area contributed by atoms with Crippen LogP contribution in [0.25, 0.3) is 0 Å². The molecular weight excluding hydrogens is 360 g/mol. The number of hydrogen-bond donors (Lipinski definition) is 1. The molecule has 146 valence electrons. The molecule has 2 nitrogen and oxygen atoms in total. The molecule has 3 aromatic rings. The smallest absolute Gasteiger partial charge is 0.240 e. The largest absolute Gasteiger partial charge is 0.403 e. The van der Waals surface area contributed by atoms with Crippen molar-refractivity contribution >= 4 is 19.4 Å². The summed E-state index contributed by atoms with van der Waals surface area (Å²) in [4.78, 5) is 0. The van der Waals surface area contributed by atoms with Crippen molar-refractivity contribution in [1.29, 1.82) is 0 Å². The Labute approximate surface area is 170 Å². The van der Waals surface area contributed by atoms with Crippen LogP contribution in [0.3, 0.4) is 0 Å². The lowest BCUT2D eigenvalue weighted by Gasteiger charge is -2.36. The Kier molecular flexibility index (Phi) is 6.50. The minimum absolute atomic E-state index is 0.0303. The lowest BCUT2D eigenvalue weighted by atomic mass is 9.83. The summed E-state index contributed by atoms with van der Waals surface area (Å²) in [6, 6.07) is 27.4. The summed E-state index contributed by atoms with van der Waals surface area (Å²) >= 11 is 0. The van der Waals surface area contributed by atoms with Crippen LogP contribution in [0.1, 0.15) is 43.6 Å². The van der Waals surface area contributed by atoms with E-state index in [0.717, 1.165) is 5.56 Å². The van der Waals surface area contributed by atoms with Crippen LogP contribution in [-0.2, 0) is 11.0 Å². The Balaban J connectivity index is 2.04. The lowest BCUT2D eigenvalue weighted by molar-refractivity contribution is 0.0891. The second-order valence-corrected chi connectivity index (χ2v) is 10.8. The van der Waals surface area contributed by atoms with E-state index >= 15 is 0 Å². The summed E-state index contributed by atoms with van der Waals surface area (Å²) in [5, 5.41) is 12.0. The standard InChI is InChI=1S/C25H30O2Si/c1-19-17-20(18-26)15-16-23(19)24(25(2,3)4)27-28(21-11-7-5-8-12-21)22-13-9-6-10-14-22/h5-17,24,26,28H,18H2,1-4H3. The fourth-order valence-corrected chi connectivity index (χ4v) is 6.29. The summed E-state index contributed by atoms with van der Waals surface area (Å²) in [6.07, 6.45) is -0.0303. The van der Waals surface area contributed by atoms with Crippen molar-refractivity contribution in [2.24, 2.45) is 5.41 Å². The number of benzene rings is 3. The lowest BCUT2D eigenvalue weighted by Crippen LogP contribution is -2.47. The van der Waals surface area contributed by atoms with E-state index in [1.165, 1.54) is 21.5 Å². The van der Waals surface area contributed by atoms with Gasteiger partial charge in [-0.3, -0.25) is 0 Å². The van der Waals surface area contributed by atoms with Crippen LogP contribution in [0.5, 0.6) is 0 Å². The quantitative estimate of drug-likeness (QED) is 0.641. The van der Waals surface area contributed by atoms with Crippen LogP contribution in [0.2, 0.25) is 0 Å². The van der Waals surface area contributed by atoms with E-state index in [4.69, 9.17) is 4.43 Å². The molecule has 0 aliphatic heterocycles. The highest BCUT2D eigenvalue weighted by atomic mass is 28.3. The average molecular weight is 391 g/mol. The zero-order valence-corrected chi connectivity index (χ0v) is 18.4. The summed E-state index contributed by atoms with van der Waals surface area (Å²) in [6.45, 7) is 8.88. The van der Waals surface area contributed by atoms with E-state index in [2.05, 4.69) is 100 Å². The Bertz CT molecular complexity index is 846. The predicted octanol–water partition coefficient (Wildman–Crippen LogP) is 4.13. The fourth-order valence-electron chi connectivity index (χ4n) is 3.62. The molecule has 0 bridgehead atoms. The molecule has 0 radical (unpaired) electrons. The maximum Gasteiger partial charge on any atom is 0.240 e. The highest BCUT2D eigenvalue weighted by Gasteiger charge is 2.32. The van der Waals surface area contributed by atoms with Crippen LogP contribution < -0.4 is 10.4 Å². The SMILES string of the molecule is Cc1cc(CO)ccc1C(O[SiH](c1ccccc1)c1ccccc1)C(C)(C)C. The number of rotatable bonds is 6. The summed E-state index contributed by atoms with van der Waals surface area (Å²) in [5.74, 6) is 0. The summed E-state index contributed by atoms with van der Waals surface area (Å²) < 4.78 is 7.00. The van der Waals surface area contributed by atoms with Crippen molar-refractivity contribution in [3.05, 3.63) is 95.6 Å². The second-order valence-electron chi connectivity index (χ2n) is 8.43. The van der Waals surface area contributed by atoms with Gasteiger partial charge in [-0.05, 0) is 39.4 Å². The van der Waals surface area contributed by atoms with Crippen molar-refractivity contribution in [3.63, 3.8) is 0 Å². The molecular formula is C25H30O2Si. The van der Waals surface area contributed by atoms with Gasteiger partial charge >= 0.3 is 0 Å². The molecule has 0 spiro atoms. The van der Waals surface area contributed by atoms with Crippen LogP contribution in [0.4, 0.5) is 0 Å². The monoisotopic (exact) mass is 390 g/mol. The highest BCUT2D eigenvalue weighted by molar-refractivity contribution is 6.80. The van der Waals surface area contributed by atoms with Crippen molar-refractivity contribution in [1.82, 2.24) is 0 Å². The Hall–Kier alpha value is -2.20. The highest BCUT2D eigenvalue weighted by Crippen LogP contribution is 2.38. The molecule has 0 heterocycles. The van der Waals surface area contributed by atoms with Gasteiger partial charge in [0.25, 0.3) is 0 Å². The van der Waals surface area contributed by atoms with Gasteiger partial charge in [0.1, 0.15) is 0 Å². The molecule has 3 aromatic carbocycles. The molecule has 0 saturated heterocycles. The van der Waals surface area contributed by atoms with Crippen molar-refractivity contribution in [2.45, 2.75) is 40.4 Å². The molecule has 1 N–H and O–H groups in total. The molecule has 1 unspecified atom stereocenters. The van der Waals surface area contributed by atoms with Gasteiger partial charge in [-0.15, -0.1) is 0 Å². The first-order valence-electron chi connectivity index (χ1n) is 9.86. The van der Waals surface area contributed by atoms with E-state index in [9.17, 15) is 5.11 Å². The van der Waals surface area contributed by atoms with E-state index in [1.807, 2.05) is 6.07 Å². The topological polar surface area (TPSA) is 29.5 Å². The van der Waals surface area contributed by atoms with Gasteiger partial charge in [-0.1, -0.05) is 99.6 Å². The van der Waals surface area contributed by atoms with Crippen LogP contribution in [0, 0.1) is 12.3 Å². The van der Waals surface area contributed by atoms with Crippen molar-refractivity contribution < 1.29 is 9.53 Å². The third-order valence-corrected chi connectivity index (χ3v) is 7.59. The van der Waals surface area contributed by atoms with Gasteiger partial charge < -0.3 is 9.53 Å². The van der Waals surface area contributed by atoms with E-state index < -0.39 is 9.04 Å². The molecule has 3 heteroatoms. The first-order chi connectivity index (χ1) is 13.4. The zero-order valence-electron chi connectivity index (χ0n) is 17.2. The number of aliphatic hydroxyl groups is 1. The minimum atomic E-state index is -1.87. The number of aliphatic hydroxyl groups excluding tert-OH is 1. The molecule has 0 aromatic heterocycles. The van der Waals surface area contributed by atoms with Crippen LogP contribution in [-0.4, -0.2) is 14.1 Å². The first-order valence-corrected chi connectivity index (χ1v) is 11.5. The molecule has 0 saturated carbocycles. The Morgan fingerprint density at radius 2 is 1.39 bits per heavy atom. The van der Waals surface area contributed by atoms with Gasteiger partial charge in [-0.2, -0.15) is 0 Å². The van der Waals surface area contributed by atoms with Crippen LogP contribution in [0.15, 0.2) is 78.9 Å². The summed E-state index contributed by atoms with van der Waals surface area (Å²) in [5.41, 5.74) is 3.25. The van der Waals surface area contributed by atoms with Gasteiger partial charge in [0.15, 0.2) is 0 Å². The second kappa shape index (κ2) is 8.87. The molecule has 1 atom stereocenters. The Morgan fingerprint density at radius 3 is 1.82 bits per heavy atom. The normalized spacial score (nSPS) is 12.9. The van der Waals surface area contributed by atoms with E-state index in [1.54, 1.807) is 0 Å².